The molecule has 2 aromatic rings. The van der Waals surface area contributed by atoms with Crippen LogP contribution in [0.25, 0.3) is 10.8 Å². The van der Waals surface area contributed by atoms with Crippen molar-refractivity contribution in [1.82, 2.24) is 0 Å². The van der Waals surface area contributed by atoms with Gasteiger partial charge in [0, 0.05) is 36.5 Å². The normalized spacial score (nSPS) is 16.8. The standard InChI is InChI=1S/C17H15NO7S/c1-17(2)24-15(19)12(16(20)25-17)9-18-13-7-8-14(26(21,22)23)11-6-4-3-5-10(11)13/h3-9,18H,1-2H3,(H,21,22,23). The van der Waals surface area contributed by atoms with Crippen LogP contribution in [-0.2, 0) is 29.2 Å². The fourth-order valence-corrected chi connectivity index (χ4v) is 3.25. The molecular formula is C17H15NO7S. The number of rotatable bonds is 3. The maximum absolute atomic E-state index is 11.9. The molecule has 1 heterocycles. The van der Waals surface area contributed by atoms with E-state index < -0.39 is 27.8 Å². The zero-order valence-electron chi connectivity index (χ0n) is 13.8. The van der Waals surface area contributed by atoms with Crippen LogP contribution in [0.1, 0.15) is 13.8 Å². The van der Waals surface area contributed by atoms with Crippen molar-refractivity contribution in [2.45, 2.75) is 24.5 Å². The Morgan fingerprint density at radius 2 is 1.58 bits per heavy atom. The number of cyclic esters (lactones) is 2. The molecule has 0 atom stereocenters. The van der Waals surface area contributed by atoms with Gasteiger partial charge in [-0.1, -0.05) is 24.3 Å². The highest BCUT2D eigenvalue weighted by atomic mass is 32.2. The zero-order chi connectivity index (χ0) is 19.1. The molecule has 2 N–H and O–H groups in total. The van der Waals surface area contributed by atoms with Gasteiger partial charge in [-0.05, 0) is 12.1 Å². The number of benzene rings is 2. The summed E-state index contributed by atoms with van der Waals surface area (Å²) in [4.78, 5) is 23.6. The van der Waals surface area contributed by atoms with Gasteiger partial charge in [-0.3, -0.25) is 4.55 Å². The van der Waals surface area contributed by atoms with Gasteiger partial charge in [-0.2, -0.15) is 8.42 Å². The van der Waals surface area contributed by atoms with E-state index in [1.807, 2.05) is 0 Å². The lowest BCUT2D eigenvalue weighted by Gasteiger charge is -2.29. The first-order valence-corrected chi connectivity index (χ1v) is 8.95. The van der Waals surface area contributed by atoms with E-state index in [4.69, 9.17) is 9.47 Å². The number of nitrogens with one attached hydrogen (secondary N) is 1. The van der Waals surface area contributed by atoms with E-state index in [-0.39, 0.29) is 15.9 Å². The molecule has 2 aromatic carbocycles. The highest BCUT2D eigenvalue weighted by Gasteiger charge is 2.38. The lowest BCUT2D eigenvalue weighted by Crippen LogP contribution is -2.42. The number of ether oxygens (including phenoxy) is 2. The topological polar surface area (TPSA) is 119 Å². The van der Waals surface area contributed by atoms with Gasteiger partial charge < -0.3 is 14.8 Å². The molecule has 0 saturated carbocycles. The van der Waals surface area contributed by atoms with Gasteiger partial charge in [-0.15, -0.1) is 0 Å². The summed E-state index contributed by atoms with van der Waals surface area (Å²) in [7, 11) is -4.40. The molecule has 1 aliphatic heterocycles. The van der Waals surface area contributed by atoms with Crippen molar-refractivity contribution in [3.63, 3.8) is 0 Å². The van der Waals surface area contributed by atoms with Crippen molar-refractivity contribution in [1.29, 1.82) is 0 Å². The Hall–Kier alpha value is -2.91. The minimum atomic E-state index is -4.40. The molecule has 0 aromatic heterocycles. The monoisotopic (exact) mass is 377 g/mol. The van der Waals surface area contributed by atoms with E-state index in [9.17, 15) is 22.6 Å². The second kappa shape index (κ2) is 6.11. The molecular weight excluding hydrogens is 362 g/mol. The largest absolute Gasteiger partial charge is 0.419 e. The highest BCUT2D eigenvalue weighted by molar-refractivity contribution is 7.86. The fourth-order valence-electron chi connectivity index (χ4n) is 2.55. The summed E-state index contributed by atoms with van der Waals surface area (Å²) in [5.41, 5.74) is 0.0956. The summed E-state index contributed by atoms with van der Waals surface area (Å²) in [5.74, 6) is -3.01. The van der Waals surface area contributed by atoms with Gasteiger partial charge in [0.25, 0.3) is 15.9 Å². The number of carbonyl (C=O) groups is 2. The van der Waals surface area contributed by atoms with E-state index in [2.05, 4.69) is 5.32 Å². The molecule has 0 unspecified atom stereocenters. The number of hydrogen-bond donors (Lipinski definition) is 2. The average Bonchev–Trinajstić information content (AvgIpc) is 2.51. The molecule has 26 heavy (non-hydrogen) atoms. The van der Waals surface area contributed by atoms with E-state index in [0.29, 0.717) is 11.1 Å². The van der Waals surface area contributed by atoms with Crippen molar-refractivity contribution in [2.75, 3.05) is 5.32 Å². The summed E-state index contributed by atoms with van der Waals surface area (Å²) in [6.07, 6.45) is 1.13. The Bertz CT molecular complexity index is 1030. The van der Waals surface area contributed by atoms with Crippen LogP contribution in [0.2, 0.25) is 0 Å². The number of anilines is 1. The third kappa shape index (κ3) is 3.39. The van der Waals surface area contributed by atoms with Crippen LogP contribution in [0.3, 0.4) is 0 Å². The Morgan fingerprint density at radius 1 is 1.00 bits per heavy atom. The molecule has 9 heteroatoms. The van der Waals surface area contributed by atoms with Crippen LogP contribution in [0.15, 0.2) is 53.1 Å². The minimum Gasteiger partial charge on any atom is -0.419 e. The van der Waals surface area contributed by atoms with Crippen LogP contribution in [-0.4, -0.2) is 30.7 Å². The maximum atomic E-state index is 11.9. The van der Waals surface area contributed by atoms with E-state index >= 15 is 0 Å². The molecule has 1 aliphatic rings. The van der Waals surface area contributed by atoms with Gasteiger partial charge in [0.1, 0.15) is 4.90 Å². The number of fused-ring (bicyclic) bond motifs is 1. The summed E-state index contributed by atoms with van der Waals surface area (Å²) < 4.78 is 42.4. The van der Waals surface area contributed by atoms with Crippen molar-refractivity contribution in [3.8, 4) is 0 Å². The summed E-state index contributed by atoms with van der Waals surface area (Å²) >= 11 is 0. The van der Waals surface area contributed by atoms with Gasteiger partial charge in [0.2, 0.25) is 0 Å². The molecule has 1 fully saturated rings. The molecule has 0 aliphatic carbocycles. The molecule has 1 saturated heterocycles. The van der Waals surface area contributed by atoms with Crippen LogP contribution in [0, 0.1) is 0 Å². The first kappa shape index (κ1) is 17.9. The Balaban J connectivity index is 2.01. The van der Waals surface area contributed by atoms with Gasteiger partial charge in [0.05, 0.1) is 0 Å². The smallest absolute Gasteiger partial charge is 0.350 e. The predicted molar refractivity (Wildman–Crippen MR) is 91.7 cm³/mol. The Labute approximate surface area is 149 Å². The molecule has 0 amide bonds. The Morgan fingerprint density at radius 3 is 2.15 bits per heavy atom. The zero-order valence-corrected chi connectivity index (χ0v) is 14.7. The van der Waals surface area contributed by atoms with Crippen molar-refractivity contribution >= 4 is 38.5 Å². The van der Waals surface area contributed by atoms with E-state index in [1.165, 1.54) is 32.0 Å². The van der Waals surface area contributed by atoms with Crippen LogP contribution < -0.4 is 5.32 Å². The SMILES string of the molecule is CC1(C)OC(=O)C(=CNc2ccc(S(=O)(=O)O)c3ccccc23)C(=O)O1. The van der Waals surface area contributed by atoms with Crippen LogP contribution in [0.5, 0.6) is 0 Å². The average molecular weight is 377 g/mol. The van der Waals surface area contributed by atoms with Gasteiger partial charge in [-0.25, -0.2) is 9.59 Å². The Kier molecular flexibility index (Phi) is 4.21. The summed E-state index contributed by atoms with van der Waals surface area (Å²) in [6, 6.07) is 9.09. The van der Waals surface area contributed by atoms with Crippen molar-refractivity contribution < 1.29 is 32.0 Å². The van der Waals surface area contributed by atoms with Crippen LogP contribution >= 0.6 is 0 Å². The number of carbonyl (C=O) groups excluding carboxylic acids is 2. The molecule has 8 nitrogen and oxygen atoms in total. The van der Waals surface area contributed by atoms with Crippen molar-refractivity contribution in [2.24, 2.45) is 0 Å². The quantitative estimate of drug-likeness (QED) is 0.362. The summed E-state index contributed by atoms with van der Waals surface area (Å²) in [5, 5.41) is 3.54. The second-order valence-corrected chi connectivity index (χ2v) is 7.40. The second-order valence-electron chi connectivity index (χ2n) is 6.01. The first-order valence-electron chi connectivity index (χ1n) is 7.51. The number of esters is 2. The van der Waals surface area contributed by atoms with Gasteiger partial charge in [0.15, 0.2) is 5.57 Å². The third-order valence-corrected chi connectivity index (χ3v) is 4.56. The van der Waals surface area contributed by atoms with E-state index in [0.717, 1.165) is 6.20 Å². The molecule has 3 rings (SSSR count). The maximum Gasteiger partial charge on any atom is 0.350 e. The lowest BCUT2D eigenvalue weighted by molar-refractivity contribution is -0.222. The highest BCUT2D eigenvalue weighted by Crippen LogP contribution is 2.30. The molecule has 0 radical (unpaired) electrons. The fraction of sp³-hybridized carbons (Fsp3) is 0.176. The predicted octanol–water partition coefficient (Wildman–Crippen LogP) is 2.22. The molecule has 0 bridgehead atoms. The summed E-state index contributed by atoms with van der Waals surface area (Å²) in [6.45, 7) is 2.88. The minimum absolute atomic E-state index is 0.246. The van der Waals surface area contributed by atoms with E-state index in [1.54, 1.807) is 18.2 Å². The van der Waals surface area contributed by atoms with Gasteiger partial charge >= 0.3 is 11.9 Å². The van der Waals surface area contributed by atoms with Crippen molar-refractivity contribution in [3.05, 3.63) is 48.2 Å². The molecule has 136 valence electrons. The third-order valence-electron chi connectivity index (χ3n) is 3.65. The van der Waals surface area contributed by atoms with Crippen LogP contribution in [0.4, 0.5) is 5.69 Å². The molecule has 0 spiro atoms. The first-order chi connectivity index (χ1) is 12.1. The lowest BCUT2D eigenvalue weighted by atomic mass is 10.1. The number of hydrogen-bond acceptors (Lipinski definition) is 7.